The number of amides is 2. The number of aromatic nitrogens is 1. The third kappa shape index (κ3) is 13.5. The normalized spacial score (nSPS) is 14.5. The molecule has 486 valence electrons. The average Bonchev–Trinajstić information content (AvgIpc) is 0.903. The number of anilines is 1. The van der Waals surface area contributed by atoms with Gasteiger partial charge in [-0.05, 0) is 63.2 Å². The Morgan fingerprint density at radius 1 is 0.495 bits per heavy atom. The highest BCUT2D eigenvalue weighted by Crippen LogP contribution is 2.45. The molecule has 3 heterocycles. The fraction of sp³-hybridized carbons (Fsp3) is 0.0952. The van der Waals surface area contributed by atoms with E-state index in [1.54, 1.807) is 29.6 Å². The van der Waals surface area contributed by atoms with Crippen LogP contribution in [0.4, 0.5) is 5.13 Å². The topological polar surface area (TPSA) is 158 Å². The Hall–Kier alpha value is -11.9. The van der Waals surface area contributed by atoms with E-state index in [2.05, 4.69) is 47.0 Å². The van der Waals surface area contributed by atoms with Crippen LogP contribution < -0.4 is 15.4 Å². The first-order valence-electron chi connectivity index (χ1n) is 32.4. The SMILES string of the molecule is O=C(OC(c1ccccc1)c1ccccc1)C1=C(COc2ccc(C(=O)OC(c3ccccc3)c3ccccc3)cc2)CS[C@@H]2C(NC(=O)/C(=N/OC(c3ccccc3)(c3ccccc3)c3ccccc3)c3csc(NC(c4ccccc4)(c4ccccc4)c4ccccc4)n3)C(=O)N12. The standard InChI is InChI=1S/C84H65N5O8S2/c90-77(72(88-97-84(67-45-25-8-26-46-67,68-47-27-9-28-48-68)69-49-29-10-30-50-69)71-57-99-82(85-71)87-83(64-39-19-5-20-40-64,65-41-21-6-22-42-65)66-43-23-7-24-44-66)86-73-78(91)89-74(81(93)96-76(60-35-15-3-16-36-60)61-37-17-4-18-38-61)63(56-98-79(73)89)55-94-70-53-51-62(52-54-70)80(92)95-75(58-31-11-1-12-32-58)59-33-13-2-14-34-59/h1-54,57,73,75-76,79H,55-56H2,(H,85,87)(H,86,90)/b88-72+/t73?,79-/m1/s1. The molecule has 0 radical (unpaired) electrons. The zero-order chi connectivity index (χ0) is 67.4. The largest absolute Gasteiger partial charge is 0.489 e. The van der Waals surface area contributed by atoms with E-state index in [0.29, 0.717) is 33.1 Å². The van der Waals surface area contributed by atoms with Crippen LogP contribution in [-0.2, 0) is 39.8 Å². The number of carbonyl (C=O) groups is 4. The van der Waals surface area contributed by atoms with Crippen LogP contribution in [0.5, 0.6) is 5.75 Å². The van der Waals surface area contributed by atoms with Crippen LogP contribution in [0.25, 0.3) is 0 Å². The molecule has 14 rings (SSSR count). The molecule has 1 saturated heterocycles. The van der Waals surface area contributed by atoms with Gasteiger partial charge in [-0.1, -0.05) is 308 Å². The van der Waals surface area contributed by atoms with E-state index in [0.717, 1.165) is 44.5 Å². The van der Waals surface area contributed by atoms with Gasteiger partial charge in [-0.15, -0.1) is 23.1 Å². The van der Waals surface area contributed by atoms with Crippen LogP contribution in [0, 0.1) is 0 Å². The van der Waals surface area contributed by atoms with Gasteiger partial charge in [0.1, 0.15) is 40.7 Å². The first-order valence-corrected chi connectivity index (χ1v) is 34.3. The minimum Gasteiger partial charge on any atom is -0.489 e. The molecule has 0 saturated carbocycles. The summed E-state index contributed by atoms with van der Waals surface area (Å²) < 4.78 is 19.2. The average molecular weight is 1340 g/mol. The Morgan fingerprint density at radius 3 is 1.29 bits per heavy atom. The van der Waals surface area contributed by atoms with Gasteiger partial charge in [-0.3, -0.25) is 14.5 Å². The molecule has 99 heavy (non-hydrogen) atoms. The number of rotatable bonds is 24. The van der Waals surface area contributed by atoms with Crippen molar-refractivity contribution in [1.82, 2.24) is 15.2 Å². The van der Waals surface area contributed by atoms with Crippen LogP contribution in [0.15, 0.2) is 349 Å². The zero-order valence-electron chi connectivity index (χ0n) is 53.4. The lowest BCUT2D eigenvalue weighted by Crippen LogP contribution is -2.71. The minimum atomic E-state index is -1.42. The van der Waals surface area contributed by atoms with E-state index in [1.807, 2.05) is 267 Å². The molecule has 2 aliphatic heterocycles. The Morgan fingerprint density at radius 2 is 0.879 bits per heavy atom. The number of benzene rings is 11. The molecule has 2 amide bonds. The van der Waals surface area contributed by atoms with E-state index in [1.165, 1.54) is 28.0 Å². The molecule has 12 aromatic rings. The Labute approximate surface area is 582 Å². The van der Waals surface area contributed by atoms with Crippen molar-refractivity contribution in [3.63, 3.8) is 0 Å². The summed E-state index contributed by atoms with van der Waals surface area (Å²) in [6.45, 7) is -0.138. The van der Waals surface area contributed by atoms with Gasteiger partial charge in [-0.25, -0.2) is 14.6 Å². The monoisotopic (exact) mass is 1340 g/mol. The number of fused-ring (bicyclic) bond motifs is 1. The molecule has 2 aliphatic rings. The van der Waals surface area contributed by atoms with Crippen molar-refractivity contribution < 1.29 is 38.2 Å². The van der Waals surface area contributed by atoms with E-state index >= 15 is 14.4 Å². The number of ether oxygens (including phenoxy) is 3. The highest BCUT2D eigenvalue weighted by atomic mass is 32.2. The van der Waals surface area contributed by atoms with Gasteiger partial charge in [0.05, 0.1) is 5.56 Å². The molecule has 2 atom stereocenters. The summed E-state index contributed by atoms with van der Waals surface area (Å²) >= 11 is 2.65. The third-order valence-corrected chi connectivity index (χ3v) is 19.7. The van der Waals surface area contributed by atoms with Gasteiger partial charge < -0.3 is 29.7 Å². The number of nitrogens with one attached hydrogen (secondary N) is 2. The highest BCUT2D eigenvalue weighted by Gasteiger charge is 2.55. The van der Waals surface area contributed by atoms with Gasteiger partial charge in [0.25, 0.3) is 11.8 Å². The maximum absolute atomic E-state index is 15.8. The summed E-state index contributed by atoms with van der Waals surface area (Å²) in [5.41, 5.74) is 6.40. The van der Waals surface area contributed by atoms with Crippen molar-refractivity contribution in [3.8, 4) is 5.75 Å². The summed E-state index contributed by atoms with van der Waals surface area (Å²) in [4.78, 5) is 74.0. The number of β-lactam (4-membered cyclic amide) rings is 1. The summed E-state index contributed by atoms with van der Waals surface area (Å²) in [6, 6.07) is 103. The van der Waals surface area contributed by atoms with E-state index in [9.17, 15) is 4.79 Å². The maximum Gasteiger partial charge on any atom is 0.356 e. The lowest BCUT2D eigenvalue weighted by molar-refractivity contribution is -0.154. The van der Waals surface area contributed by atoms with Gasteiger partial charge >= 0.3 is 11.9 Å². The molecule has 0 bridgehead atoms. The highest BCUT2D eigenvalue weighted by molar-refractivity contribution is 8.00. The fourth-order valence-electron chi connectivity index (χ4n) is 12.7. The Bertz CT molecular complexity index is 4520. The maximum atomic E-state index is 15.8. The zero-order valence-corrected chi connectivity index (χ0v) is 55.0. The van der Waals surface area contributed by atoms with Crippen molar-refractivity contribution in [1.29, 1.82) is 0 Å². The smallest absolute Gasteiger partial charge is 0.356 e. The number of thioether (sulfide) groups is 1. The molecule has 1 unspecified atom stereocenters. The van der Waals surface area contributed by atoms with Gasteiger partial charge in [0, 0.05) is 33.4 Å². The first kappa shape index (κ1) is 64.4. The lowest BCUT2D eigenvalue weighted by Gasteiger charge is -2.49. The van der Waals surface area contributed by atoms with Crippen molar-refractivity contribution in [2.75, 3.05) is 17.7 Å². The summed E-state index contributed by atoms with van der Waals surface area (Å²) in [5.74, 6) is -2.04. The van der Waals surface area contributed by atoms with Crippen molar-refractivity contribution in [2.24, 2.45) is 5.16 Å². The lowest BCUT2D eigenvalue weighted by atomic mass is 9.77. The second kappa shape index (κ2) is 29.6. The number of hydrogen-bond acceptors (Lipinski definition) is 13. The molecule has 13 nitrogen and oxygen atoms in total. The van der Waals surface area contributed by atoms with Crippen LogP contribution >= 0.6 is 23.1 Å². The number of oxime groups is 1. The van der Waals surface area contributed by atoms with Crippen LogP contribution in [-0.4, -0.2) is 63.1 Å². The van der Waals surface area contributed by atoms with Crippen LogP contribution in [0.1, 0.15) is 83.9 Å². The van der Waals surface area contributed by atoms with E-state index in [-0.39, 0.29) is 29.5 Å². The minimum absolute atomic E-state index is 0.0104. The number of nitrogens with zero attached hydrogens (tertiary/aromatic N) is 3. The van der Waals surface area contributed by atoms with Crippen molar-refractivity contribution in [2.45, 2.75) is 34.8 Å². The molecular formula is C84H65N5O8S2. The molecular weight excluding hydrogens is 1270 g/mol. The summed E-state index contributed by atoms with van der Waals surface area (Å²) in [7, 11) is 0. The predicted molar refractivity (Wildman–Crippen MR) is 387 cm³/mol. The number of carbonyl (C=O) groups excluding carboxylic acids is 4. The van der Waals surface area contributed by atoms with Gasteiger partial charge in [-0.2, -0.15) is 0 Å². The first-order chi connectivity index (χ1) is 48.7. The molecule has 2 N–H and O–H groups in total. The second-order valence-electron chi connectivity index (χ2n) is 23.7. The van der Waals surface area contributed by atoms with Crippen molar-refractivity contribution in [3.05, 3.63) is 411 Å². The fourth-order valence-corrected chi connectivity index (χ4v) is 14.8. The molecule has 1 fully saturated rings. The quantitative estimate of drug-likeness (QED) is 0.0195. The van der Waals surface area contributed by atoms with Gasteiger partial charge in [0.2, 0.25) is 5.60 Å². The summed E-state index contributed by atoms with van der Waals surface area (Å²) in [5, 5.41) is 13.3. The molecule has 1 aromatic heterocycles. The Balaban J connectivity index is 0.806. The molecule has 11 aromatic carbocycles. The predicted octanol–water partition coefficient (Wildman–Crippen LogP) is 16.3. The molecule has 0 aliphatic carbocycles. The number of thiazole rings is 1. The second-order valence-corrected chi connectivity index (χ2v) is 25.6. The molecule has 0 spiro atoms. The number of esters is 2. The van der Waals surface area contributed by atoms with E-state index < -0.39 is 58.5 Å². The summed E-state index contributed by atoms with van der Waals surface area (Å²) in [6.07, 6.45) is -1.51. The van der Waals surface area contributed by atoms with Crippen molar-refractivity contribution >= 4 is 57.7 Å². The van der Waals surface area contributed by atoms with Crippen LogP contribution in [0.2, 0.25) is 0 Å². The third-order valence-electron chi connectivity index (χ3n) is 17.6. The molecule has 15 heteroatoms. The van der Waals surface area contributed by atoms with E-state index in [4.69, 9.17) is 29.2 Å². The van der Waals surface area contributed by atoms with Crippen LogP contribution in [0.3, 0.4) is 0 Å². The number of hydrogen-bond donors (Lipinski definition) is 2. The van der Waals surface area contributed by atoms with Gasteiger partial charge in [0.15, 0.2) is 23.1 Å². The Kier molecular flexibility index (Phi) is 19.3.